The van der Waals surface area contributed by atoms with Crippen molar-refractivity contribution in [2.75, 3.05) is 0 Å². The molecule has 0 heterocycles. The summed E-state index contributed by atoms with van der Waals surface area (Å²) in [6.45, 7) is 5.63. The maximum atomic E-state index is 8.89. The highest BCUT2D eigenvalue weighted by molar-refractivity contribution is 6.43. The minimum Gasteiger partial charge on any atom is -0.427 e. The van der Waals surface area contributed by atoms with Crippen molar-refractivity contribution < 1.29 is 10.0 Å². The average molecular weight is 156 g/mol. The number of rotatable bonds is 6. The van der Waals surface area contributed by atoms with E-state index in [4.69, 9.17) is 10.0 Å². The molecule has 0 unspecified atom stereocenters. The fraction of sp³-hybridized carbons (Fsp3) is 0.750. The standard InChI is InChI=1S/C8H17BO2/c1-3-5-7-8(6-4-2)9(10)11/h3,8,10-11H,1,4-7H2,2H3/t8-/m1/s1. The summed E-state index contributed by atoms with van der Waals surface area (Å²) in [5.74, 6) is 0.0259. The molecule has 0 aliphatic heterocycles. The van der Waals surface area contributed by atoms with E-state index < -0.39 is 7.12 Å². The highest BCUT2D eigenvalue weighted by Crippen LogP contribution is 2.21. The molecule has 0 bridgehead atoms. The lowest BCUT2D eigenvalue weighted by Crippen LogP contribution is -2.19. The van der Waals surface area contributed by atoms with E-state index in [2.05, 4.69) is 6.58 Å². The third-order valence-corrected chi connectivity index (χ3v) is 1.82. The molecule has 0 saturated heterocycles. The highest BCUT2D eigenvalue weighted by atomic mass is 16.4. The molecule has 1 atom stereocenters. The zero-order valence-corrected chi connectivity index (χ0v) is 7.16. The zero-order chi connectivity index (χ0) is 8.69. The van der Waals surface area contributed by atoms with Crippen LogP contribution in [0.15, 0.2) is 12.7 Å². The summed E-state index contributed by atoms with van der Waals surface area (Å²) < 4.78 is 0. The molecule has 0 aromatic heterocycles. The number of allylic oxidation sites excluding steroid dienone is 1. The molecule has 0 amide bonds. The fourth-order valence-corrected chi connectivity index (χ4v) is 1.15. The second-order valence-electron chi connectivity index (χ2n) is 2.83. The van der Waals surface area contributed by atoms with Gasteiger partial charge in [-0.2, -0.15) is 0 Å². The average Bonchev–Trinajstić information content (AvgIpc) is 1.97. The van der Waals surface area contributed by atoms with Crippen molar-refractivity contribution in [3.8, 4) is 0 Å². The molecule has 0 radical (unpaired) electrons. The van der Waals surface area contributed by atoms with Crippen LogP contribution < -0.4 is 0 Å². The van der Waals surface area contributed by atoms with Crippen LogP contribution in [-0.2, 0) is 0 Å². The van der Waals surface area contributed by atoms with Gasteiger partial charge >= 0.3 is 7.12 Å². The van der Waals surface area contributed by atoms with Gasteiger partial charge in [0.2, 0.25) is 0 Å². The van der Waals surface area contributed by atoms with Gasteiger partial charge < -0.3 is 10.0 Å². The maximum absolute atomic E-state index is 8.89. The molecule has 0 fully saturated rings. The van der Waals surface area contributed by atoms with Crippen molar-refractivity contribution in [3.05, 3.63) is 12.7 Å². The van der Waals surface area contributed by atoms with Gasteiger partial charge in [-0.25, -0.2) is 0 Å². The molecule has 0 saturated carbocycles. The van der Waals surface area contributed by atoms with Gasteiger partial charge in [0.15, 0.2) is 0 Å². The summed E-state index contributed by atoms with van der Waals surface area (Å²) in [5, 5.41) is 17.8. The predicted octanol–water partition coefficient (Wildman–Crippen LogP) is 1.60. The Morgan fingerprint density at radius 1 is 1.45 bits per heavy atom. The largest absolute Gasteiger partial charge is 0.454 e. The second-order valence-corrected chi connectivity index (χ2v) is 2.83. The van der Waals surface area contributed by atoms with Crippen LogP contribution in [0.3, 0.4) is 0 Å². The molecule has 0 aliphatic carbocycles. The van der Waals surface area contributed by atoms with Crippen molar-refractivity contribution in [2.45, 2.75) is 38.4 Å². The van der Waals surface area contributed by atoms with Crippen LogP contribution in [0.2, 0.25) is 5.82 Å². The third kappa shape index (κ3) is 5.05. The van der Waals surface area contributed by atoms with Crippen LogP contribution in [-0.4, -0.2) is 17.2 Å². The predicted molar refractivity (Wildman–Crippen MR) is 48.3 cm³/mol. The molecule has 11 heavy (non-hydrogen) atoms. The van der Waals surface area contributed by atoms with Crippen LogP contribution in [0.5, 0.6) is 0 Å². The van der Waals surface area contributed by atoms with Crippen LogP contribution in [0.1, 0.15) is 32.6 Å². The van der Waals surface area contributed by atoms with Gasteiger partial charge in [-0.3, -0.25) is 0 Å². The van der Waals surface area contributed by atoms with E-state index in [1.807, 2.05) is 13.0 Å². The molecule has 0 aliphatic rings. The summed E-state index contributed by atoms with van der Waals surface area (Å²) >= 11 is 0. The SMILES string of the molecule is C=CCC[C@@H](CCC)B(O)O. The molecule has 2 nitrogen and oxygen atoms in total. The highest BCUT2D eigenvalue weighted by Gasteiger charge is 2.20. The topological polar surface area (TPSA) is 40.5 Å². The van der Waals surface area contributed by atoms with Crippen molar-refractivity contribution >= 4 is 7.12 Å². The molecule has 0 aromatic rings. The van der Waals surface area contributed by atoms with Gasteiger partial charge in [-0.1, -0.05) is 25.8 Å². The Hall–Kier alpha value is -0.275. The molecule has 3 heteroatoms. The van der Waals surface area contributed by atoms with Gasteiger partial charge in [0, 0.05) is 0 Å². The van der Waals surface area contributed by atoms with Crippen LogP contribution in [0.4, 0.5) is 0 Å². The van der Waals surface area contributed by atoms with E-state index in [0.717, 1.165) is 25.7 Å². The Balaban J connectivity index is 3.59. The quantitative estimate of drug-likeness (QED) is 0.452. The third-order valence-electron chi connectivity index (χ3n) is 1.82. The lowest BCUT2D eigenvalue weighted by Gasteiger charge is -2.12. The number of hydrogen-bond acceptors (Lipinski definition) is 2. The van der Waals surface area contributed by atoms with E-state index >= 15 is 0 Å². The minimum atomic E-state index is -1.16. The Labute approximate surface area is 69.1 Å². The van der Waals surface area contributed by atoms with Gasteiger partial charge in [0.1, 0.15) is 0 Å². The molecule has 64 valence electrons. The van der Waals surface area contributed by atoms with Gasteiger partial charge in [-0.15, -0.1) is 6.58 Å². The second kappa shape index (κ2) is 6.44. The summed E-state index contributed by atoms with van der Waals surface area (Å²) in [6.07, 6.45) is 5.38. The Morgan fingerprint density at radius 3 is 2.45 bits per heavy atom. The number of hydrogen-bond donors (Lipinski definition) is 2. The first-order valence-corrected chi connectivity index (χ1v) is 4.19. The van der Waals surface area contributed by atoms with Crippen LogP contribution in [0, 0.1) is 0 Å². The van der Waals surface area contributed by atoms with E-state index in [1.54, 1.807) is 0 Å². The van der Waals surface area contributed by atoms with Crippen molar-refractivity contribution in [2.24, 2.45) is 0 Å². The molecule has 0 spiro atoms. The first kappa shape index (κ1) is 10.7. The van der Waals surface area contributed by atoms with Crippen molar-refractivity contribution in [1.82, 2.24) is 0 Å². The van der Waals surface area contributed by atoms with Crippen LogP contribution in [0.25, 0.3) is 0 Å². The smallest absolute Gasteiger partial charge is 0.427 e. The molecular formula is C8H17BO2. The van der Waals surface area contributed by atoms with Gasteiger partial charge in [0.05, 0.1) is 0 Å². The molecule has 2 N–H and O–H groups in total. The van der Waals surface area contributed by atoms with Crippen LogP contribution >= 0.6 is 0 Å². The van der Waals surface area contributed by atoms with Crippen molar-refractivity contribution in [3.63, 3.8) is 0 Å². The summed E-state index contributed by atoms with van der Waals surface area (Å²) in [4.78, 5) is 0. The van der Waals surface area contributed by atoms with Gasteiger partial charge in [-0.05, 0) is 18.7 Å². The lowest BCUT2D eigenvalue weighted by molar-refractivity contribution is 0.372. The summed E-state index contributed by atoms with van der Waals surface area (Å²) in [6, 6.07) is 0. The van der Waals surface area contributed by atoms with E-state index in [0.29, 0.717) is 0 Å². The first-order valence-electron chi connectivity index (χ1n) is 4.19. The Bertz CT molecular complexity index is 104. The molecule has 0 rings (SSSR count). The molecular weight excluding hydrogens is 139 g/mol. The monoisotopic (exact) mass is 156 g/mol. The zero-order valence-electron chi connectivity index (χ0n) is 7.16. The lowest BCUT2D eigenvalue weighted by atomic mass is 9.68. The summed E-state index contributed by atoms with van der Waals surface area (Å²) in [5.41, 5.74) is 0. The minimum absolute atomic E-state index is 0.0259. The van der Waals surface area contributed by atoms with Crippen molar-refractivity contribution in [1.29, 1.82) is 0 Å². The summed E-state index contributed by atoms with van der Waals surface area (Å²) in [7, 11) is -1.16. The van der Waals surface area contributed by atoms with E-state index in [-0.39, 0.29) is 5.82 Å². The Kier molecular flexibility index (Phi) is 6.28. The van der Waals surface area contributed by atoms with E-state index in [1.165, 1.54) is 0 Å². The maximum Gasteiger partial charge on any atom is 0.454 e. The normalized spacial score (nSPS) is 12.6. The van der Waals surface area contributed by atoms with E-state index in [9.17, 15) is 0 Å². The Morgan fingerprint density at radius 2 is 2.09 bits per heavy atom. The molecule has 0 aromatic carbocycles. The first-order chi connectivity index (χ1) is 5.22. The fourth-order valence-electron chi connectivity index (χ4n) is 1.15. The van der Waals surface area contributed by atoms with Gasteiger partial charge in [0.25, 0.3) is 0 Å².